The highest BCUT2D eigenvalue weighted by atomic mass is 35.5. The molecule has 0 atom stereocenters. The Bertz CT molecular complexity index is 1680. The maximum Gasteiger partial charge on any atom is 0.250 e. The van der Waals surface area contributed by atoms with Gasteiger partial charge in [0.15, 0.2) is 0 Å². The lowest BCUT2D eigenvalue weighted by Gasteiger charge is -2.21. The quantitative estimate of drug-likeness (QED) is 0.201. The number of benzene rings is 3. The van der Waals surface area contributed by atoms with Crippen LogP contribution in [0.15, 0.2) is 66.9 Å². The number of fused-ring (bicyclic) bond motifs is 1. The topological polar surface area (TPSA) is 123 Å². The zero-order chi connectivity index (χ0) is 30.9. The van der Waals surface area contributed by atoms with Crippen LogP contribution in [0.3, 0.4) is 0 Å². The number of para-hydroxylation sites is 1. The van der Waals surface area contributed by atoms with Gasteiger partial charge in [-0.2, -0.15) is 0 Å². The number of methoxy groups -OCH3 is 1. The fourth-order valence-electron chi connectivity index (χ4n) is 3.99. The predicted molar refractivity (Wildman–Crippen MR) is 175 cm³/mol. The number of anilines is 2. The minimum absolute atomic E-state index is 0. The van der Waals surface area contributed by atoms with Gasteiger partial charge in [-0.1, -0.05) is 41.4 Å². The maximum atomic E-state index is 12.9. The number of nitrogens with one attached hydrogen (secondary N) is 2. The Balaban J connectivity index is 0.00000529. The molecule has 0 spiro atoms. The SMILES string of the molecule is COCC(=O)Nc1ccc(/C=C/C(=O)NCC(=O)N(C)c2ccc(Cl)c(COc3cccc4ncc(C)nc34)c2Cl)cc1.Cl. The minimum atomic E-state index is -0.455. The number of aryl methyl sites for hydroxylation is 1. The predicted octanol–water partition coefficient (Wildman–Crippen LogP) is 5.62. The lowest BCUT2D eigenvalue weighted by Crippen LogP contribution is -2.37. The summed E-state index contributed by atoms with van der Waals surface area (Å²) in [6.45, 7) is 1.57. The van der Waals surface area contributed by atoms with Gasteiger partial charge in [-0.3, -0.25) is 19.4 Å². The van der Waals surface area contributed by atoms with Gasteiger partial charge < -0.3 is 25.0 Å². The maximum absolute atomic E-state index is 12.9. The molecule has 230 valence electrons. The molecule has 0 fully saturated rings. The van der Waals surface area contributed by atoms with Crippen molar-refractivity contribution in [2.24, 2.45) is 0 Å². The van der Waals surface area contributed by atoms with Crippen molar-refractivity contribution >= 4 is 81.8 Å². The Morgan fingerprint density at radius 3 is 2.52 bits per heavy atom. The lowest BCUT2D eigenvalue weighted by atomic mass is 10.2. The van der Waals surface area contributed by atoms with E-state index in [2.05, 4.69) is 20.6 Å². The third-order valence-corrected chi connectivity index (χ3v) is 7.02. The Labute approximate surface area is 270 Å². The highest BCUT2D eigenvalue weighted by molar-refractivity contribution is 6.38. The summed E-state index contributed by atoms with van der Waals surface area (Å²) in [6, 6.07) is 15.6. The molecule has 0 aliphatic rings. The second-order valence-corrected chi connectivity index (χ2v) is 10.2. The van der Waals surface area contributed by atoms with E-state index in [1.165, 1.54) is 18.1 Å². The van der Waals surface area contributed by atoms with Gasteiger partial charge >= 0.3 is 0 Å². The minimum Gasteiger partial charge on any atom is -0.486 e. The monoisotopic (exact) mass is 657 g/mol. The first-order valence-electron chi connectivity index (χ1n) is 13.1. The lowest BCUT2D eigenvalue weighted by molar-refractivity contribution is -0.122. The van der Waals surface area contributed by atoms with Crippen molar-refractivity contribution in [2.75, 3.05) is 37.5 Å². The zero-order valence-corrected chi connectivity index (χ0v) is 26.4. The Hall–Kier alpha value is -4.22. The molecule has 13 heteroatoms. The molecule has 0 aliphatic carbocycles. The number of halogens is 3. The molecule has 3 aromatic carbocycles. The summed E-state index contributed by atoms with van der Waals surface area (Å²) in [6.07, 6.45) is 4.59. The van der Waals surface area contributed by atoms with Gasteiger partial charge in [-0.05, 0) is 55.0 Å². The second-order valence-electron chi connectivity index (χ2n) is 9.39. The van der Waals surface area contributed by atoms with Crippen LogP contribution in [0.25, 0.3) is 17.1 Å². The van der Waals surface area contributed by atoms with E-state index in [1.54, 1.807) is 61.8 Å². The Morgan fingerprint density at radius 2 is 1.80 bits per heavy atom. The normalized spacial score (nSPS) is 10.8. The number of ether oxygens (including phenoxy) is 2. The molecule has 3 amide bonds. The highest BCUT2D eigenvalue weighted by Crippen LogP contribution is 2.35. The van der Waals surface area contributed by atoms with Crippen LogP contribution in [0.2, 0.25) is 10.0 Å². The van der Waals surface area contributed by atoms with Crippen LogP contribution in [0, 0.1) is 6.92 Å². The second kappa shape index (κ2) is 16.0. The fourth-order valence-corrected chi connectivity index (χ4v) is 4.60. The van der Waals surface area contributed by atoms with Crippen molar-refractivity contribution < 1.29 is 23.9 Å². The van der Waals surface area contributed by atoms with Crippen molar-refractivity contribution in [2.45, 2.75) is 13.5 Å². The van der Waals surface area contributed by atoms with Gasteiger partial charge in [-0.25, -0.2) is 4.98 Å². The molecule has 1 heterocycles. The van der Waals surface area contributed by atoms with E-state index < -0.39 is 11.8 Å². The molecule has 0 radical (unpaired) electrons. The zero-order valence-electron chi connectivity index (χ0n) is 24.1. The third-order valence-electron chi connectivity index (χ3n) is 6.24. The van der Waals surface area contributed by atoms with E-state index in [4.69, 9.17) is 32.7 Å². The first-order valence-corrected chi connectivity index (χ1v) is 13.8. The van der Waals surface area contributed by atoms with Crippen molar-refractivity contribution in [3.63, 3.8) is 0 Å². The van der Waals surface area contributed by atoms with Crippen molar-refractivity contribution in [1.82, 2.24) is 15.3 Å². The smallest absolute Gasteiger partial charge is 0.250 e. The van der Waals surface area contributed by atoms with E-state index in [-0.39, 0.29) is 43.1 Å². The summed E-state index contributed by atoms with van der Waals surface area (Å²) in [5, 5.41) is 5.89. The molecule has 1 aromatic heterocycles. The number of hydrogen-bond acceptors (Lipinski definition) is 7. The van der Waals surface area contributed by atoms with Gasteiger partial charge in [0, 0.05) is 42.7 Å². The average molecular weight is 659 g/mol. The number of rotatable bonds is 11. The van der Waals surface area contributed by atoms with E-state index in [0.29, 0.717) is 38.7 Å². The number of carbonyl (C=O) groups excluding carboxylic acids is 3. The van der Waals surface area contributed by atoms with E-state index in [9.17, 15) is 14.4 Å². The first kappa shape index (κ1) is 34.3. The van der Waals surface area contributed by atoms with E-state index >= 15 is 0 Å². The molecule has 44 heavy (non-hydrogen) atoms. The van der Waals surface area contributed by atoms with Crippen LogP contribution in [0.1, 0.15) is 16.8 Å². The van der Waals surface area contributed by atoms with Crippen LogP contribution >= 0.6 is 35.6 Å². The molecular weight excluding hydrogens is 629 g/mol. The number of amides is 3. The van der Waals surface area contributed by atoms with Crippen LogP contribution in [-0.2, 0) is 25.7 Å². The molecule has 10 nitrogen and oxygen atoms in total. The molecular formula is C31H30Cl3N5O5. The Kier molecular flexibility index (Phi) is 12.5. The van der Waals surface area contributed by atoms with Gasteiger partial charge in [0.05, 0.1) is 28.5 Å². The fraction of sp³-hybridized carbons (Fsp3) is 0.194. The van der Waals surface area contributed by atoms with Crippen LogP contribution in [-0.4, -0.2) is 55.0 Å². The number of hydrogen-bond donors (Lipinski definition) is 2. The summed E-state index contributed by atoms with van der Waals surface area (Å²) in [5.41, 5.74) is 4.30. The summed E-state index contributed by atoms with van der Waals surface area (Å²) in [4.78, 5) is 47.1. The molecule has 0 saturated heterocycles. The molecule has 0 aliphatic heterocycles. The van der Waals surface area contributed by atoms with Gasteiger partial charge in [0.1, 0.15) is 24.5 Å². The Morgan fingerprint density at radius 1 is 1.05 bits per heavy atom. The largest absolute Gasteiger partial charge is 0.486 e. The molecule has 0 unspecified atom stereocenters. The number of likely N-dealkylation sites (N-methyl/N-ethyl adjacent to an activating group) is 1. The van der Waals surface area contributed by atoms with Gasteiger partial charge in [-0.15, -0.1) is 12.4 Å². The standard InChI is InChI=1S/C31H29Cl2N5O5.ClH/c1-19-15-34-24-5-4-6-26(31(24)36-19)43-17-22-23(32)12-13-25(30(22)33)38(2)29(41)16-35-27(39)14-9-20-7-10-21(11-8-20)37-28(40)18-42-3;/h4-15H,16-18H2,1-3H3,(H,35,39)(H,37,40);1H/b14-9+;. The van der Waals surface area contributed by atoms with Crippen molar-refractivity contribution in [3.8, 4) is 5.75 Å². The third kappa shape index (κ3) is 8.90. The summed E-state index contributed by atoms with van der Waals surface area (Å²) >= 11 is 13.1. The van der Waals surface area contributed by atoms with Crippen molar-refractivity contribution in [1.29, 1.82) is 0 Å². The van der Waals surface area contributed by atoms with E-state index in [0.717, 1.165) is 11.3 Å². The first-order chi connectivity index (χ1) is 20.7. The van der Waals surface area contributed by atoms with Crippen LogP contribution in [0.4, 0.5) is 11.4 Å². The number of aromatic nitrogens is 2. The summed E-state index contributed by atoms with van der Waals surface area (Å²) in [5.74, 6) is -0.593. The van der Waals surface area contributed by atoms with E-state index in [1.807, 2.05) is 19.1 Å². The average Bonchev–Trinajstić information content (AvgIpc) is 2.99. The van der Waals surface area contributed by atoms with Crippen LogP contribution < -0.4 is 20.3 Å². The molecule has 0 saturated carbocycles. The van der Waals surface area contributed by atoms with Gasteiger partial charge in [0.25, 0.3) is 0 Å². The van der Waals surface area contributed by atoms with Gasteiger partial charge in [0.2, 0.25) is 17.7 Å². The molecule has 2 N–H and O–H groups in total. The van der Waals surface area contributed by atoms with Crippen LogP contribution in [0.5, 0.6) is 5.75 Å². The molecule has 4 aromatic rings. The summed E-state index contributed by atoms with van der Waals surface area (Å²) < 4.78 is 10.8. The highest BCUT2D eigenvalue weighted by Gasteiger charge is 2.19. The van der Waals surface area contributed by atoms with Crippen molar-refractivity contribution in [3.05, 3.63) is 93.7 Å². The summed E-state index contributed by atoms with van der Waals surface area (Å²) in [7, 11) is 2.99. The number of nitrogens with zero attached hydrogens (tertiary/aromatic N) is 3. The molecule has 4 rings (SSSR count). The molecule has 0 bridgehead atoms. The number of carbonyl (C=O) groups is 3.